The molecule has 0 fully saturated rings. The third-order valence-electron chi connectivity index (χ3n) is 14.8. The van der Waals surface area contributed by atoms with Crippen LogP contribution in [0.25, 0.3) is 0 Å². The Hall–Kier alpha value is -7.30. The smallest absolute Gasteiger partial charge is 0.269 e. The number of thiocarbonyl (C=S) groups is 2. The Kier molecular flexibility index (Phi) is 20.8. The number of ether oxygens (including phenoxy) is 4. The number of hydrogen-bond donors (Lipinski definition) is 4. The van der Waals surface area contributed by atoms with Gasteiger partial charge in [-0.15, -0.1) is 0 Å². The fraction of sp³-hybridized carbons (Fsp3) is 0.441. The summed E-state index contributed by atoms with van der Waals surface area (Å²) in [7, 11) is 0. The maximum Gasteiger partial charge on any atom is 0.269 e. The monoisotopic (exact) mass is 1180 g/mol. The average Bonchev–Trinajstić information content (AvgIpc) is 3.42. The third-order valence-corrected chi connectivity index (χ3v) is 15.3. The van der Waals surface area contributed by atoms with E-state index in [1.165, 1.54) is 46.5 Å². The highest BCUT2D eigenvalue weighted by Gasteiger charge is 2.30. The summed E-state index contributed by atoms with van der Waals surface area (Å²) in [5.41, 5.74) is 13.4. The fourth-order valence-electron chi connectivity index (χ4n) is 10.1. The van der Waals surface area contributed by atoms with Crippen LogP contribution in [-0.2, 0) is 47.3 Å². The molecule has 6 aromatic rings. The van der Waals surface area contributed by atoms with Crippen molar-refractivity contribution in [2.75, 3.05) is 50.2 Å². The molecule has 4 N–H and O–H groups in total. The first-order chi connectivity index (χ1) is 39.5. The summed E-state index contributed by atoms with van der Waals surface area (Å²) >= 11 is 11.4. The van der Waals surface area contributed by atoms with E-state index in [2.05, 4.69) is 167 Å². The standard InChI is InChI=1S/C68H86N6O8S2/c1-15-27-79-59-43-31-47-39-53(67(9,10)11)41-49(61(47)81-29-25-69-63(83)71-55-17-21-57(22-18-55)73(75)76)33-45-37-52(66(6,7)8)38-46(60(45)80-28-16-2)34-50-42-54(68(12,13)14)40-48(32-44(59)36-51(35-43)65(3,4)5)62(50)82-30-26-70-64(84)72-56-19-23-58(24-20-56)74(77)78/h17-24,35-42H,15-16,25-34H2,1-14H3,(H2,69,71,83)(H2,70,72,84). The van der Waals surface area contributed by atoms with Crippen molar-refractivity contribution in [1.82, 2.24) is 10.6 Å². The van der Waals surface area contributed by atoms with E-state index >= 15 is 0 Å². The van der Waals surface area contributed by atoms with Crippen LogP contribution in [0.4, 0.5) is 22.7 Å². The van der Waals surface area contributed by atoms with Gasteiger partial charge in [-0.25, -0.2) is 0 Å². The van der Waals surface area contributed by atoms with Gasteiger partial charge in [0.25, 0.3) is 11.4 Å². The molecule has 0 aromatic heterocycles. The summed E-state index contributed by atoms with van der Waals surface area (Å²) in [6.45, 7) is 33.7. The molecule has 0 atom stereocenters. The van der Waals surface area contributed by atoms with E-state index in [9.17, 15) is 20.2 Å². The predicted molar refractivity (Wildman–Crippen MR) is 349 cm³/mol. The van der Waals surface area contributed by atoms with Gasteiger partial charge >= 0.3 is 0 Å². The molecule has 448 valence electrons. The Morgan fingerprint density at radius 1 is 0.417 bits per heavy atom. The summed E-state index contributed by atoms with van der Waals surface area (Å²) in [4.78, 5) is 21.8. The number of fused-ring (bicyclic) bond motifs is 8. The highest BCUT2D eigenvalue weighted by atomic mass is 32.1. The van der Waals surface area contributed by atoms with Crippen LogP contribution in [-0.4, -0.2) is 59.6 Å². The molecule has 8 bridgehead atoms. The van der Waals surface area contributed by atoms with Crippen LogP contribution >= 0.6 is 24.4 Å². The Balaban J connectivity index is 1.43. The lowest BCUT2D eigenvalue weighted by molar-refractivity contribution is -0.385. The Bertz CT molecular complexity index is 3030. The number of nitro benzene ring substituents is 2. The molecule has 0 spiro atoms. The van der Waals surface area contributed by atoms with Crippen LogP contribution in [0.2, 0.25) is 0 Å². The topological polar surface area (TPSA) is 171 Å². The lowest BCUT2D eigenvalue weighted by atomic mass is 9.79. The largest absolute Gasteiger partial charge is 0.493 e. The zero-order chi connectivity index (χ0) is 61.3. The minimum Gasteiger partial charge on any atom is -0.493 e. The lowest BCUT2D eigenvalue weighted by Crippen LogP contribution is -2.32. The quantitative estimate of drug-likeness (QED) is 0.0277. The minimum atomic E-state index is -0.425. The van der Waals surface area contributed by atoms with Crippen molar-refractivity contribution in [3.63, 3.8) is 0 Å². The molecular formula is C68H86N6O8S2. The van der Waals surface area contributed by atoms with Crippen LogP contribution in [0.5, 0.6) is 23.0 Å². The summed E-state index contributed by atoms with van der Waals surface area (Å²) in [6.07, 6.45) is 3.68. The summed E-state index contributed by atoms with van der Waals surface area (Å²) in [5, 5.41) is 36.3. The van der Waals surface area contributed by atoms with Crippen molar-refractivity contribution >= 4 is 57.4 Å². The zero-order valence-electron chi connectivity index (χ0n) is 51.7. The highest BCUT2D eigenvalue weighted by molar-refractivity contribution is 7.80. The van der Waals surface area contributed by atoms with Crippen LogP contribution in [0.1, 0.15) is 177 Å². The van der Waals surface area contributed by atoms with E-state index in [0.717, 1.165) is 80.3 Å². The number of rotatable bonds is 18. The number of nitrogens with zero attached hydrogens (tertiary/aromatic N) is 2. The first-order valence-corrected chi connectivity index (χ1v) is 30.1. The van der Waals surface area contributed by atoms with Crippen molar-refractivity contribution in [3.05, 3.63) is 184 Å². The van der Waals surface area contributed by atoms with Crippen molar-refractivity contribution in [1.29, 1.82) is 0 Å². The van der Waals surface area contributed by atoms with Gasteiger partial charge in [-0.3, -0.25) is 20.2 Å². The Morgan fingerprint density at radius 3 is 0.845 bits per heavy atom. The number of hydrogen-bond acceptors (Lipinski definition) is 10. The molecule has 0 amide bonds. The Morgan fingerprint density at radius 2 is 0.643 bits per heavy atom. The zero-order valence-corrected chi connectivity index (χ0v) is 53.3. The molecule has 0 unspecified atom stereocenters. The van der Waals surface area contributed by atoms with Crippen LogP contribution in [0, 0.1) is 20.2 Å². The second-order valence-electron chi connectivity index (χ2n) is 26.0. The molecule has 7 rings (SSSR count). The van der Waals surface area contributed by atoms with Crippen molar-refractivity contribution in [2.24, 2.45) is 0 Å². The molecule has 0 saturated heterocycles. The first kappa shape index (κ1) is 64.3. The van der Waals surface area contributed by atoms with Gasteiger partial charge in [-0.05, 0) is 150 Å². The van der Waals surface area contributed by atoms with Crippen LogP contribution < -0.4 is 40.2 Å². The number of nitrogens with one attached hydrogen (secondary N) is 4. The Labute approximate surface area is 508 Å². The minimum absolute atomic E-state index is 0.000987. The maximum atomic E-state index is 11.3. The average molecular weight is 1180 g/mol. The molecule has 1 aliphatic carbocycles. The lowest BCUT2D eigenvalue weighted by Gasteiger charge is -2.29. The molecular weight excluding hydrogens is 1090 g/mol. The van der Waals surface area contributed by atoms with Gasteiger partial charge < -0.3 is 40.2 Å². The van der Waals surface area contributed by atoms with Crippen LogP contribution in [0.15, 0.2) is 97.1 Å². The van der Waals surface area contributed by atoms with Gasteiger partial charge in [0.1, 0.15) is 36.2 Å². The molecule has 0 radical (unpaired) electrons. The molecule has 1 aliphatic rings. The van der Waals surface area contributed by atoms with Gasteiger partial charge in [0, 0.05) is 61.3 Å². The third kappa shape index (κ3) is 17.0. The first-order valence-electron chi connectivity index (χ1n) is 29.3. The summed E-state index contributed by atoms with van der Waals surface area (Å²) < 4.78 is 28.4. The molecule has 0 heterocycles. The molecule has 0 aliphatic heterocycles. The van der Waals surface area contributed by atoms with Crippen molar-refractivity contribution in [2.45, 2.75) is 157 Å². The molecule has 6 aromatic carbocycles. The molecule has 16 heteroatoms. The van der Waals surface area contributed by atoms with Gasteiger partial charge in [-0.1, -0.05) is 145 Å². The van der Waals surface area contributed by atoms with Gasteiger partial charge in [-0.2, -0.15) is 0 Å². The van der Waals surface area contributed by atoms with E-state index in [4.69, 9.17) is 43.4 Å². The second kappa shape index (κ2) is 27.2. The van der Waals surface area contributed by atoms with Crippen molar-refractivity contribution < 1.29 is 28.8 Å². The van der Waals surface area contributed by atoms with E-state index < -0.39 is 9.85 Å². The normalized spacial score (nSPS) is 12.6. The maximum absolute atomic E-state index is 11.3. The van der Waals surface area contributed by atoms with E-state index in [0.29, 0.717) is 73.6 Å². The number of benzene rings is 6. The van der Waals surface area contributed by atoms with E-state index in [1.807, 2.05) is 0 Å². The molecule has 84 heavy (non-hydrogen) atoms. The van der Waals surface area contributed by atoms with Crippen molar-refractivity contribution in [3.8, 4) is 23.0 Å². The fourth-order valence-corrected chi connectivity index (χ4v) is 10.5. The van der Waals surface area contributed by atoms with Gasteiger partial charge in [0.15, 0.2) is 10.2 Å². The summed E-state index contributed by atoms with van der Waals surface area (Å²) in [5.74, 6) is 3.30. The van der Waals surface area contributed by atoms with Gasteiger partial charge in [0.2, 0.25) is 0 Å². The number of non-ortho nitro benzene ring substituents is 2. The van der Waals surface area contributed by atoms with Gasteiger partial charge in [0.05, 0.1) is 36.1 Å². The predicted octanol–water partition coefficient (Wildman–Crippen LogP) is 15.7. The molecule has 14 nitrogen and oxygen atoms in total. The SMILES string of the molecule is CCCOc1c2cc(C(C)(C)C)cc1Cc1cc(C(C)(C)C)cc(c1OCCNC(=S)Nc1ccc([N+](=O)[O-])cc1)Cc1cc(C(C)(C)C)cc(c1OCCC)Cc1cc(C(C)(C)C)cc(c1OCCNC(=S)Nc1ccc([N+](=O)[O-])cc1)C2. The summed E-state index contributed by atoms with van der Waals surface area (Å²) in [6, 6.07) is 30.9. The van der Waals surface area contributed by atoms with Crippen LogP contribution in [0.3, 0.4) is 0 Å². The molecule has 0 saturated carbocycles. The van der Waals surface area contributed by atoms with E-state index in [1.54, 1.807) is 24.3 Å². The number of anilines is 2. The number of nitro groups is 2. The highest BCUT2D eigenvalue weighted by Crippen LogP contribution is 2.45. The second-order valence-corrected chi connectivity index (χ2v) is 26.8. The van der Waals surface area contributed by atoms with E-state index in [-0.39, 0.29) is 46.2 Å².